The fourth-order valence-corrected chi connectivity index (χ4v) is 4.01. The molecule has 2 aromatic rings. The Kier molecular flexibility index (Phi) is 5.29. The largest absolute Gasteiger partial charge is 0.383 e. The van der Waals surface area contributed by atoms with Gasteiger partial charge in [-0.15, -0.1) is 0 Å². The number of hydrogen-bond donors (Lipinski definition) is 0. The van der Waals surface area contributed by atoms with Gasteiger partial charge < -0.3 is 14.5 Å². The fourth-order valence-electron chi connectivity index (χ4n) is 4.01. The van der Waals surface area contributed by atoms with Crippen LogP contribution < -0.4 is 0 Å². The van der Waals surface area contributed by atoms with Gasteiger partial charge in [0.15, 0.2) is 12.2 Å². The van der Waals surface area contributed by atoms with Crippen molar-refractivity contribution in [3.05, 3.63) is 53.3 Å². The van der Waals surface area contributed by atoms with Gasteiger partial charge in [-0.05, 0) is 25.5 Å². The molecule has 1 aromatic carbocycles. The summed E-state index contributed by atoms with van der Waals surface area (Å²) in [5.74, 6) is 0.303. The van der Waals surface area contributed by atoms with Gasteiger partial charge in [-0.1, -0.05) is 30.3 Å². The molecular weight excluding hydrogens is 384 g/mol. The highest BCUT2D eigenvalue weighted by Gasteiger charge is 2.52. The molecule has 0 saturated carbocycles. The van der Waals surface area contributed by atoms with Crippen molar-refractivity contribution in [2.75, 3.05) is 27.3 Å². The second kappa shape index (κ2) is 7.91. The van der Waals surface area contributed by atoms with Crippen LogP contribution in [0.25, 0.3) is 0 Å². The van der Waals surface area contributed by atoms with Gasteiger partial charge in [0.25, 0.3) is 5.91 Å². The molecule has 9 heteroatoms. The first-order valence-corrected chi connectivity index (χ1v) is 9.91. The molecule has 2 atom stereocenters. The van der Waals surface area contributed by atoms with E-state index in [0.717, 1.165) is 17.0 Å². The molecule has 1 fully saturated rings. The maximum atomic E-state index is 13.4. The number of urea groups is 1. The van der Waals surface area contributed by atoms with E-state index in [0.29, 0.717) is 12.5 Å². The summed E-state index contributed by atoms with van der Waals surface area (Å²) in [5.41, 5.74) is 2.83. The van der Waals surface area contributed by atoms with E-state index in [4.69, 9.17) is 9.73 Å². The molecule has 30 heavy (non-hydrogen) atoms. The maximum Gasteiger partial charge on any atom is 0.328 e. The summed E-state index contributed by atoms with van der Waals surface area (Å²) >= 11 is 0. The van der Waals surface area contributed by atoms with Crippen LogP contribution in [0.5, 0.6) is 0 Å². The summed E-state index contributed by atoms with van der Waals surface area (Å²) in [7, 11) is 3.23. The maximum absolute atomic E-state index is 13.4. The molecule has 2 aliphatic rings. The number of fused-ring (bicyclic) bond motifs is 1. The predicted octanol–water partition coefficient (Wildman–Crippen LogP) is 1.45. The quantitative estimate of drug-likeness (QED) is 0.745. The molecular formula is C21H26N6O3. The van der Waals surface area contributed by atoms with Crippen LogP contribution in [0.4, 0.5) is 4.79 Å². The highest BCUT2D eigenvalue weighted by atomic mass is 16.5. The lowest BCUT2D eigenvalue weighted by atomic mass is 10.1. The van der Waals surface area contributed by atoms with E-state index in [1.165, 1.54) is 9.80 Å². The third-order valence-corrected chi connectivity index (χ3v) is 5.49. The number of rotatable bonds is 5. The Balaban J connectivity index is 1.76. The highest BCUT2D eigenvalue weighted by molar-refractivity contribution is 6.04. The van der Waals surface area contributed by atoms with E-state index in [2.05, 4.69) is 5.10 Å². The van der Waals surface area contributed by atoms with Crippen LogP contribution in [0.15, 0.2) is 41.4 Å². The average Bonchev–Trinajstić information content (AvgIpc) is 3.26. The molecule has 2 unspecified atom stereocenters. The molecule has 2 aliphatic heterocycles. The number of imide groups is 1. The van der Waals surface area contributed by atoms with Crippen molar-refractivity contribution in [3.8, 4) is 0 Å². The lowest BCUT2D eigenvalue weighted by Gasteiger charge is -2.41. The first-order chi connectivity index (χ1) is 14.4. The van der Waals surface area contributed by atoms with E-state index >= 15 is 0 Å². The minimum absolute atomic E-state index is 0.205. The van der Waals surface area contributed by atoms with E-state index in [1.807, 2.05) is 55.1 Å². The Morgan fingerprint density at radius 2 is 1.87 bits per heavy atom. The Bertz CT molecular complexity index is 986. The molecule has 0 aliphatic carbocycles. The highest BCUT2D eigenvalue weighted by Crippen LogP contribution is 2.30. The first-order valence-electron chi connectivity index (χ1n) is 9.91. The van der Waals surface area contributed by atoms with Crippen molar-refractivity contribution in [2.45, 2.75) is 32.6 Å². The molecule has 0 bridgehead atoms. The number of carbonyl (C=O) groups excluding carboxylic acids is 2. The van der Waals surface area contributed by atoms with E-state index < -0.39 is 12.2 Å². The Hall–Kier alpha value is -3.20. The van der Waals surface area contributed by atoms with Gasteiger partial charge >= 0.3 is 6.03 Å². The summed E-state index contributed by atoms with van der Waals surface area (Å²) in [5, 5.41) is 4.58. The summed E-state index contributed by atoms with van der Waals surface area (Å²) in [6, 6.07) is 10.9. The third-order valence-electron chi connectivity index (χ3n) is 5.49. The van der Waals surface area contributed by atoms with E-state index in [-0.39, 0.29) is 25.1 Å². The Labute approximate surface area is 175 Å². The molecule has 0 spiro atoms. The van der Waals surface area contributed by atoms with Gasteiger partial charge in [-0.3, -0.25) is 9.69 Å². The van der Waals surface area contributed by atoms with Crippen LogP contribution in [-0.4, -0.2) is 81.9 Å². The van der Waals surface area contributed by atoms with Crippen molar-refractivity contribution in [1.29, 1.82) is 0 Å². The summed E-state index contributed by atoms with van der Waals surface area (Å²) in [6.07, 6.45) is -0.605. The number of nitrogens with zero attached hydrogens (tertiary/aromatic N) is 6. The van der Waals surface area contributed by atoms with Gasteiger partial charge in [0.2, 0.25) is 5.96 Å². The van der Waals surface area contributed by atoms with Gasteiger partial charge in [-0.2, -0.15) is 5.10 Å². The normalized spacial score (nSPS) is 21.3. The molecule has 158 valence electrons. The van der Waals surface area contributed by atoms with Crippen LogP contribution in [0, 0.1) is 13.8 Å². The number of likely N-dealkylation sites (N-methyl/N-ethyl adjacent to an activating group) is 1. The number of aliphatic imine (C=N–C) groups is 1. The molecule has 4 rings (SSSR count). The van der Waals surface area contributed by atoms with Crippen molar-refractivity contribution in [2.24, 2.45) is 4.99 Å². The van der Waals surface area contributed by atoms with Crippen molar-refractivity contribution < 1.29 is 14.3 Å². The number of hydrogen-bond acceptors (Lipinski definition) is 6. The zero-order valence-electron chi connectivity index (χ0n) is 17.6. The van der Waals surface area contributed by atoms with Crippen molar-refractivity contribution in [1.82, 2.24) is 24.5 Å². The average molecular weight is 410 g/mol. The Morgan fingerprint density at radius 1 is 1.13 bits per heavy atom. The second-order valence-electron chi connectivity index (χ2n) is 7.62. The molecule has 0 radical (unpaired) electrons. The second-order valence-corrected chi connectivity index (χ2v) is 7.62. The number of carbonyl (C=O) groups is 2. The molecule has 3 amide bonds. The van der Waals surface area contributed by atoms with E-state index in [9.17, 15) is 9.59 Å². The van der Waals surface area contributed by atoms with E-state index in [1.54, 1.807) is 18.8 Å². The van der Waals surface area contributed by atoms with Crippen molar-refractivity contribution >= 4 is 17.9 Å². The lowest BCUT2D eigenvalue weighted by Crippen LogP contribution is -2.65. The summed E-state index contributed by atoms with van der Waals surface area (Å²) in [6.45, 7) is 4.83. The fraction of sp³-hybridized carbons (Fsp3) is 0.429. The van der Waals surface area contributed by atoms with Crippen LogP contribution in [0.2, 0.25) is 0 Å². The monoisotopic (exact) mass is 410 g/mol. The van der Waals surface area contributed by atoms with Crippen LogP contribution in [-0.2, 0) is 16.1 Å². The summed E-state index contributed by atoms with van der Waals surface area (Å²) < 4.78 is 6.85. The number of benzene rings is 1. The van der Waals surface area contributed by atoms with Crippen LogP contribution >= 0.6 is 0 Å². The number of ether oxygens (including phenoxy) is 1. The number of amides is 3. The van der Waals surface area contributed by atoms with Gasteiger partial charge in [0, 0.05) is 26.4 Å². The minimum Gasteiger partial charge on any atom is -0.383 e. The van der Waals surface area contributed by atoms with Crippen LogP contribution in [0.1, 0.15) is 17.0 Å². The molecule has 9 nitrogen and oxygen atoms in total. The van der Waals surface area contributed by atoms with Crippen molar-refractivity contribution in [3.63, 3.8) is 0 Å². The zero-order valence-corrected chi connectivity index (χ0v) is 17.6. The third kappa shape index (κ3) is 3.35. The standard InChI is InChI=1S/C21H26N6O3/c1-14-12-15(2)27(23-14)20-22-18-17(26(20)13-16-8-6-5-7-9-16)19(28)25(10-11-30-4)21(29)24(18)3/h5-9,12,17-18H,10-11,13H2,1-4H3. The topological polar surface area (TPSA) is 83.3 Å². The number of aryl methyl sites for hydroxylation is 2. The first kappa shape index (κ1) is 20.1. The minimum atomic E-state index is -0.622. The number of methoxy groups -OCH3 is 1. The Morgan fingerprint density at radius 3 is 2.50 bits per heavy atom. The smallest absolute Gasteiger partial charge is 0.328 e. The molecule has 3 heterocycles. The molecule has 0 N–H and O–H groups in total. The predicted molar refractivity (Wildman–Crippen MR) is 111 cm³/mol. The van der Waals surface area contributed by atoms with Gasteiger partial charge in [0.1, 0.15) is 0 Å². The lowest BCUT2D eigenvalue weighted by molar-refractivity contribution is -0.138. The SMILES string of the molecule is COCCN1C(=O)C2C(N=C(n3nc(C)cc3C)N2Cc2ccccc2)N(C)C1=O. The van der Waals surface area contributed by atoms with Gasteiger partial charge in [-0.25, -0.2) is 14.5 Å². The number of aromatic nitrogens is 2. The molecule has 1 saturated heterocycles. The van der Waals surface area contributed by atoms with Gasteiger partial charge in [0.05, 0.1) is 18.8 Å². The zero-order chi connectivity index (χ0) is 21.4. The summed E-state index contributed by atoms with van der Waals surface area (Å²) in [4.78, 5) is 35.8. The van der Waals surface area contributed by atoms with Crippen LogP contribution in [0.3, 0.4) is 0 Å². The molecule has 1 aromatic heterocycles.